The zero-order valence-electron chi connectivity index (χ0n) is 3.85. The highest BCUT2D eigenvalue weighted by atomic mass is 16.4. The van der Waals surface area contributed by atoms with E-state index in [1.54, 1.807) is 0 Å². The Balaban J connectivity index is 2.93. The second kappa shape index (κ2) is 1.61. The number of hydrogen-bond acceptors (Lipinski definition) is 3. The van der Waals surface area contributed by atoms with E-state index < -0.39 is 6.09 Å². The average Bonchev–Trinajstić information content (AvgIpc) is 2.12. The molecule has 1 aromatic rings. The number of aromatic nitrogens is 3. The summed E-state index contributed by atoms with van der Waals surface area (Å²) in [6, 6.07) is 0. The van der Waals surface area contributed by atoms with E-state index in [1.165, 1.54) is 0 Å². The van der Waals surface area contributed by atoms with Crippen LogP contribution in [0.4, 0.5) is 4.79 Å². The van der Waals surface area contributed by atoms with Crippen LogP contribution in [0, 0.1) is 0 Å². The first-order valence-electron chi connectivity index (χ1n) is 1.88. The van der Waals surface area contributed by atoms with Gasteiger partial charge in [-0.3, -0.25) is 0 Å². The van der Waals surface area contributed by atoms with Gasteiger partial charge in [0.25, 0.3) is 0 Å². The Morgan fingerprint density at radius 3 is 2.25 bits per heavy atom. The second-order valence-electron chi connectivity index (χ2n) is 1.15. The number of rotatable bonds is 0. The monoisotopic (exact) mass is 113 g/mol. The second-order valence-corrected chi connectivity index (χ2v) is 1.15. The third-order valence-corrected chi connectivity index (χ3v) is 0.640. The van der Waals surface area contributed by atoms with Crippen LogP contribution in [0.1, 0.15) is 0 Å². The van der Waals surface area contributed by atoms with Crippen molar-refractivity contribution >= 4 is 6.09 Å². The number of hydrogen-bond donors (Lipinski definition) is 1. The fourth-order valence-electron chi connectivity index (χ4n) is 0.299. The predicted molar refractivity (Wildman–Crippen MR) is 23.4 cm³/mol. The summed E-state index contributed by atoms with van der Waals surface area (Å²) in [6.07, 6.45) is 1.15. The Morgan fingerprint density at radius 1 is 1.50 bits per heavy atom. The Hall–Kier alpha value is -1.39. The lowest BCUT2D eigenvalue weighted by Crippen LogP contribution is -2.03. The molecule has 0 atom stereocenters. The molecule has 42 valence electrons. The highest BCUT2D eigenvalue weighted by Crippen LogP contribution is 1.77. The molecule has 5 nitrogen and oxygen atoms in total. The van der Waals surface area contributed by atoms with E-state index in [0.29, 0.717) is 0 Å². The molecule has 0 fully saturated rings. The largest absolute Gasteiger partial charge is 0.464 e. The van der Waals surface area contributed by atoms with Crippen molar-refractivity contribution in [1.29, 1.82) is 0 Å². The van der Waals surface area contributed by atoms with Crippen molar-refractivity contribution in [2.24, 2.45) is 0 Å². The first kappa shape index (κ1) is 4.76. The van der Waals surface area contributed by atoms with E-state index in [9.17, 15) is 4.79 Å². The van der Waals surface area contributed by atoms with Gasteiger partial charge in [0.05, 0.1) is 0 Å². The Morgan fingerprint density at radius 2 is 2.00 bits per heavy atom. The lowest BCUT2D eigenvalue weighted by Gasteiger charge is -1.83. The summed E-state index contributed by atoms with van der Waals surface area (Å²) in [5.41, 5.74) is 0. The highest BCUT2D eigenvalue weighted by molar-refractivity contribution is 5.66. The predicted octanol–water partition coefficient (Wildman–Crippen LogP) is -0.196. The van der Waals surface area contributed by atoms with Crippen molar-refractivity contribution in [2.75, 3.05) is 0 Å². The number of carbonyl (C=O) groups is 1. The van der Waals surface area contributed by atoms with Crippen LogP contribution in [0.15, 0.2) is 12.7 Å². The van der Waals surface area contributed by atoms with Crippen LogP contribution in [0.3, 0.4) is 0 Å². The molecule has 0 unspecified atom stereocenters. The molecule has 0 radical (unpaired) electrons. The molecule has 0 aliphatic heterocycles. The molecule has 0 aliphatic carbocycles. The lowest BCUT2D eigenvalue weighted by atomic mass is 11.0. The van der Waals surface area contributed by atoms with Crippen molar-refractivity contribution in [3.8, 4) is 0 Å². The summed E-state index contributed by atoms with van der Waals surface area (Å²) in [7, 11) is 0. The summed E-state index contributed by atoms with van der Waals surface area (Å²) < 4.78 is 0.861. The zero-order valence-corrected chi connectivity index (χ0v) is 3.85. The van der Waals surface area contributed by atoms with Crippen LogP contribution in [0.5, 0.6) is 0 Å². The molecule has 0 saturated carbocycles. The van der Waals surface area contributed by atoms with Crippen LogP contribution in [-0.4, -0.2) is 26.0 Å². The fourth-order valence-corrected chi connectivity index (χ4v) is 0.299. The Kier molecular flexibility index (Phi) is 0.957. The molecule has 0 aromatic carbocycles. The van der Waals surface area contributed by atoms with E-state index in [4.69, 9.17) is 5.11 Å². The summed E-state index contributed by atoms with van der Waals surface area (Å²) >= 11 is 0. The number of nitrogens with zero attached hydrogens (tertiary/aromatic N) is 3. The maximum absolute atomic E-state index is 9.94. The normalized spacial score (nSPS) is 9.00. The Bertz CT molecular complexity index is 180. The topological polar surface area (TPSA) is 68.0 Å². The van der Waals surface area contributed by atoms with Gasteiger partial charge in [-0.25, -0.2) is 9.36 Å². The zero-order chi connectivity index (χ0) is 5.98. The van der Waals surface area contributed by atoms with Crippen LogP contribution in [0.25, 0.3) is 0 Å². The van der Waals surface area contributed by atoms with Gasteiger partial charge in [-0.15, -0.1) is 10.2 Å². The summed E-state index contributed by atoms with van der Waals surface area (Å²) in [6.45, 7) is 0. The van der Waals surface area contributed by atoms with E-state index in [2.05, 4.69) is 10.2 Å². The average molecular weight is 113 g/mol. The SMILES string of the molecule is O=C(O)n1cnnc1. The van der Waals surface area contributed by atoms with Crippen molar-refractivity contribution in [2.45, 2.75) is 0 Å². The van der Waals surface area contributed by atoms with Crippen molar-refractivity contribution in [3.63, 3.8) is 0 Å². The van der Waals surface area contributed by atoms with Gasteiger partial charge in [0.1, 0.15) is 12.7 Å². The third kappa shape index (κ3) is 0.651. The van der Waals surface area contributed by atoms with Crippen molar-refractivity contribution in [1.82, 2.24) is 14.8 Å². The summed E-state index contributed by atoms with van der Waals surface area (Å²) in [5.74, 6) is 0. The van der Waals surface area contributed by atoms with E-state index in [1.807, 2.05) is 0 Å². The molecular weight excluding hydrogens is 110 g/mol. The van der Waals surface area contributed by atoms with Gasteiger partial charge in [-0.2, -0.15) is 0 Å². The van der Waals surface area contributed by atoms with E-state index in [-0.39, 0.29) is 0 Å². The van der Waals surface area contributed by atoms with Crippen molar-refractivity contribution < 1.29 is 9.90 Å². The maximum Gasteiger partial charge on any atom is 0.418 e. The minimum atomic E-state index is -1.07. The van der Waals surface area contributed by atoms with Gasteiger partial charge < -0.3 is 5.11 Å². The molecule has 0 saturated heterocycles. The summed E-state index contributed by atoms with van der Waals surface area (Å²) in [5, 5.41) is 14.7. The van der Waals surface area contributed by atoms with Gasteiger partial charge in [-0.1, -0.05) is 0 Å². The first-order valence-corrected chi connectivity index (χ1v) is 1.88. The van der Waals surface area contributed by atoms with Crippen LogP contribution < -0.4 is 0 Å². The van der Waals surface area contributed by atoms with Gasteiger partial charge in [-0.05, 0) is 0 Å². The van der Waals surface area contributed by atoms with Gasteiger partial charge in [0.15, 0.2) is 0 Å². The minimum Gasteiger partial charge on any atom is -0.464 e. The van der Waals surface area contributed by atoms with E-state index in [0.717, 1.165) is 17.2 Å². The molecule has 0 amide bonds. The molecule has 1 heterocycles. The molecule has 0 spiro atoms. The molecule has 1 aromatic heterocycles. The molecule has 5 heteroatoms. The standard InChI is InChI=1S/C3H3N3O2/c7-3(8)6-1-4-5-2-6/h1-2H,(H,7,8). The van der Waals surface area contributed by atoms with Gasteiger partial charge >= 0.3 is 6.09 Å². The molecular formula is C3H3N3O2. The molecule has 1 N–H and O–H groups in total. The lowest BCUT2D eigenvalue weighted by molar-refractivity contribution is 0.196. The first-order chi connectivity index (χ1) is 3.80. The smallest absolute Gasteiger partial charge is 0.418 e. The third-order valence-electron chi connectivity index (χ3n) is 0.640. The maximum atomic E-state index is 9.94. The highest BCUT2D eigenvalue weighted by Gasteiger charge is 1.95. The number of carboxylic acid groups (broad SMARTS) is 1. The van der Waals surface area contributed by atoms with Gasteiger partial charge in [0, 0.05) is 0 Å². The quantitative estimate of drug-likeness (QED) is 0.506. The van der Waals surface area contributed by atoms with Crippen LogP contribution in [-0.2, 0) is 0 Å². The minimum absolute atomic E-state index is 0.861. The molecule has 0 aliphatic rings. The Labute approximate surface area is 44.6 Å². The molecule has 0 bridgehead atoms. The van der Waals surface area contributed by atoms with Gasteiger partial charge in [0.2, 0.25) is 0 Å². The van der Waals surface area contributed by atoms with E-state index >= 15 is 0 Å². The van der Waals surface area contributed by atoms with Crippen molar-refractivity contribution in [3.05, 3.63) is 12.7 Å². The molecule has 8 heavy (non-hydrogen) atoms. The van der Waals surface area contributed by atoms with Crippen LogP contribution >= 0.6 is 0 Å². The van der Waals surface area contributed by atoms with Crippen LogP contribution in [0.2, 0.25) is 0 Å². The molecule has 1 rings (SSSR count). The fraction of sp³-hybridized carbons (Fsp3) is 0. The summed E-state index contributed by atoms with van der Waals surface area (Å²) in [4.78, 5) is 9.94.